The minimum atomic E-state index is 0.0286. The van der Waals surface area contributed by atoms with E-state index in [-0.39, 0.29) is 11.7 Å². The fourth-order valence-corrected chi connectivity index (χ4v) is 5.45. The second-order valence-corrected chi connectivity index (χ2v) is 8.79. The fourth-order valence-electron chi connectivity index (χ4n) is 3.44. The maximum absolute atomic E-state index is 13.4. The Morgan fingerprint density at radius 1 is 1.33 bits per heavy atom. The minimum Gasteiger partial charge on any atom is -0.376 e. The summed E-state index contributed by atoms with van der Waals surface area (Å²) in [6.07, 6.45) is 2.91. The van der Waals surface area contributed by atoms with Gasteiger partial charge in [-0.3, -0.25) is 9.36 Å². The Morgan fingerprint density at radius 3 is 2.85 bits per heavy atom. The molecule has 1 aliphatic rings. The predicted octanol–water partition coefficient (Wildman–Crippen LogP) is 3.49. The Labute approximate surface area is 165 Å². The summed E-state index contributed by atoms with van der Waals surface area (Å²) in [5.74, 6) is 1.62. The van der Waals surface area contributed by atoms with Gasteiger partial charge >= 0.3 is 0 Å². The highest BCUT2D eigenvalue weighted by atomic mass is 32.2. The normalized spacial score (nSPS) is 17.2. The van der Waals surface area contributed by atoms with Crippen molar-refractivity contribution in [3.63, 3.8) is 0 Å². The van der Waals surface area contributed by atoms with Crippen LogP contribution in [0.15, 0.2) is 14.5 Å². The summed E-state index contributed by atoms with van der Waals surface area (Å²) in [5, 5.41) is 5.26. The fraction of sp³-hybridized carbons (Fsp3) is 0.556. The van der Waals surface area contributed by atoms with Crippen LogP contribution in [0.5, 0.6) is 0 Å². The van der Waals surface area contributed by atoms with Crippen LogP contribution in [0.4, 0.5) is 0 Å². The summed E-state index contributed by atoms with van der Waals surface area (Å²) >= 11 is 3.04. The second kappa shape index (κ2) is 7.73. The SMILES string of the molecule is CCc1c(C)sc2nc(SCc3nc(C)no3)n(CC3CCCO3)c(=O)c12. The largest absolute Gasteiger partial charge is 0.376 e. The average Bonchev–Trinajstić information content (AvgIpc) is 3.36. The molecule has 1 saturated heterocycles. The zero-order chi connectivity index (χ0) is 19.0. The third kappa shape index (κ3) is 3.68. The van der Waals surface area contributed by atoms with Crippen LogP contribution in [0.25, 0.3) is 10.2 Å². The molecular weight excluding hydrogens is 384 g/mol. The van der Waals surface area contributed by atoms with Gasteiger partial charge in [0.1, 0.15) is 4.83 Å². The van der Waals surface area contributed by atoms with Gasteiger partial charge in [-0.2, -0.15) is 4.98 Å². The third-order valence-electron chi connectivity index (χ3n) is 4.74. The van der Waals surface area contributed by atoms with E-state index in [0.717, 1.165) is 46.5 Å². The Balaban J connectivity index is 1.75. The van der Waals surface area contributed by atoms with E-state index in [1.807, 2.05) is 0 Å². The van der Waals surface area contributed by atoms with Crippen LogP contribution in [0, 0.1) is 13.8 Å². The standard InChI is InChI=1S/C18H22N4O3S2/c1-4-13-10(2)27-16-15(13)17(23)22(8-12-6-5-7-24-12)18(20-16)26-9-14-19-11(3)21-25-14/h12H,4-9H2,1-3H3. The molecule has 0 spiro atoms. The first kappa shape index (κ1) is 18.6. The van der Waals surface area contributed by atoms with Crippen molar-refractivity contribution in [1.82, 2.24) is 19.7 Å². The zero-order valence-corrected chi connectivity index (χ0v) is 17.3. The molecule has 7 nitrogen and oxygen atoms in total. The minimum absolute atomic E-state index is 0.0286. The number of aryl methyl sites for hydroxylation is 3. The van der Waals surface area contributed by atoms with Gasteiger partial charge in [0.15, 0.2) is 11.0 Å². The van der Waals surface area contributed by atoms with Gasteiger partial charge < -0.3 is 9.26 Å². The van der Waals surface area contributed by atoms with Gasteiger partial charge in [0.25, 0.3) is 5.56 Å². The number of ether oxygens (including phenoxy) is 1. The maximum Gasteiger partial charge on any atom is 0.263 e. The molecule has 3 aromatic heterocycles. The molecule has 1 aliphatic heterocycles. The molecule has 0 aromatic carbocycles. The van der Waals surface area contributed by atoms with Crippen molar-refractivity contribution in [2.75, 3.05) is 6.61 Å². The summed E-state index contributed by atoms with van der Waals surface area (Å²) in [6.45, 7) is 7.22. The van der Waals surface area contributed by atoms with Crippen LogP contribution in [0.2, 0.25) is 0 Å². The molecule has 27 heavy (non-hydrogen) atoms. The Bertz CT molecular complexity index is 1020. The first-order valence-corrected chi connectivity index (χ1v) is 10.9. The van der Waals surface area contributed by atoms with Crippen LogP contribution >= 0.6 is 23.1 Å². The van der Waals surface area contributed by atoms with Crippen LogP contribution < -0.4 is 5.56 Å². The number of fused-ring (bicyclic) bond motifs is 1. The van der Waals surface area contributed by atoms with Crippen molar-refractivity contribution < 1.29 is 9.26 Å². The smallest absolute Gasteiger partial charge is 0.263 e. The van der Waals surface area contributed by atoms with Crippen molar-refractivity contribution in [3.8, 4) is 0 Å². The molecule has 1 unspecified atom stereocenters. The van der Waals surface area contributed by atoms with E-state index in [4.69, 9.17) is 14.2 Å². The van der Waals surface area contributed by atoms with Crippen LogP contribution in [-0.4, -0.2) is 32.4 Å². The van der Waals surface area contributed by atoms with Crippen LogP contribution in [0.3, 0.4) is 0 Å². The molecule has 144 valence electrons. The van der Waals surface area contributed by atoms with Gasteiger partial charge in [0.2, 0.25) is 5.89 Å². The van der Waals surface area contributed by atoms with Crippen molar-refractivity contribution in [2.45, 2.75) is 63.6 Å². The molecule has 0 bridgehead atoms. The molecule has 1 fully saturated rings. The van der Waals surface area contributed by atoms with Crippen molar-refractivity contribution in [2.24, 2.45) is 0 Å². The quantitative estimate of drug-likeness (QED) is 0.458. The molecule has 1 atom stereocenters. The number of hydrogen-bond acceptors (Lipinski definition) is 8. The summed E-state index contributed by atoms with van der Waals surface area (Å²) in [6, 6.07) is 0. The third-order valence-corrected chi connectivity index (χ3v) is 6.74. The summed E-state index contributed by atoms with van der Waals surface area (Å²) in [7, 11) is 0. The molecule has 9 heteroatoms. The first-order valence-electron chi connectivity index (χ1n) is 9.13. The second-order valence-electron chi connectivity index (χ2n) is 6.64. The molecule has 3 aromatic rings. The van der Waals surface area contributed by atoms with Crippen LogP contribution in [-0.2, 0) is 23.5 Å². The summed E-state index contributed by atoms with van der Waals surface area (Å²) in [5.41, 5.74) is 1.14. The highest BCUT2D eigenvalue weighted by Gasteiger charge is 2.23. The lowest BCUT2D eigenvalue weighted by molar-refractivity contribution is 0.0937. The maximum atomic E-state index is 13.4. The molecule has 4 heterocycles. The highest BCUT2D eigenvalue weighted by Crippen LogP contribution is 2.30. The molecule has 0 radical (unpaired) electrons. The number of hydrogen-bond donors (Lipinski definition) is 0. The summed E-state index contributed by atoms with van der Waals surface area (Å²) in [4.78, 5) is 24.4. The zero-order valence-electron chi connectivity index (χ0n) is 15.7. The van der Waals surface area contributed by atoms with E-state index in [2.05, 4.69) is 24.0 Å². The topological polar surface area (TPSA) is 83.0 Å². The number of aromatic nitrogens is 4. The highest BCUT2D eigenvalue weighted by molar-refractivity contribution is 7.98. The summed E-state index contributed by atoms with van der Waals surface area (Å²) < 4.78 is 12.7. The van der Waals surface area contributed by atoms with Crippen LogP contribution in [0.1, 0.15) is 41.9 Å². The average molecular weight is 407 g/mol. The molecular formula is C18H22N4O3S2. The van der Waals surface area contributed by atoms with E-state index >= 15 is 0 Å². The lowest BCUT2D eigenvalue weighted by Crippen LogP contribution is -2.29. The van der Waals surface area contributed by atoms with Crippen molar-refractivity contribution in [3.05, 3.63) is 32.5 Å². The Hall–Kier alpha value is -1.71. The van der Waals surface area contributed by atoms with Gasteiger partial charge in [0.05, 0.1) is 23.8 Å². The predicted molar refractivity (Wildman–Crippen MR) is 106 cm³/mol. The van der Waals surface area contributed by atoms with E-state index in [1.54, 1.807) is 22.8 Å². The first-order chi connectivity index (χ1) is 13.1. The monoisotopic (exact) mass is 406 g/mol. The molecule has 0 amide bonds. The van der Waals surface area contributed by atoms with Gasteiger partial charge in [0, 0.05) is 11.5 Å². The van der Waals surface area contributed by atoms with Gasteiger partial charge in [-0.1, -0.05) is 23.8 Å². The van der Waals surface area contributed by atoms with E-state index in [1.165, 1.54) is 11.8 Å². The lowest BCUT2D eigenvalue weighted by atomic mass is 10.1. The Morgan fingerprint density at radius 2 is 2.19 bits per heavy atom. The lowest BCUT2D eigenvalue weighted by Gasteiger charge is -2.15. The van der Waals surface area contributed by atoms with E-state index < -0.39 is 0 Å². The molecule has 0 aliphatic carbocycles. The van der Waals surface area contributed by atoms with Crippen molar-refractivity contribution >= 4 is 33.3 Å². The van der Waals surface area contributed by atoms with E-state index in [0.29, 0.717) is 29.2 Å². The number of nitrogens with zero attached hydrogens (tertiary/aromatic N) is 4. The number of rotatable bonds is 6. The van der Waals surface area contributed by atoms with Gasteiger partial charge in [-0.15, -0.1) is 11.3 Å². The molecule has 4 rings (SSSR count). The number of thiophene rings is 1. The van der Waals surface area contributed by atoms with Gasteiger partial charge in [-0.05, 0) is 38.7 Å². The van der Waals surface area contributed by atoms with Crippen molar-refractivity contribution in [1.29, 1.82) is 0 Å². The van der Waals surface area contributed by atoms with Gasteiger partial charge in [-0.25, -0.2) is 4.98 Å². The van der Waals surface area contributed by atoms with E-state index in [9.17, 15) is 4.79 Å². The molecule has 0 N–H and O–H groups in total. The number of thioether (sulfide) groups is 1. The molecule has 0 saturated carbocycles. The Kier molecular flexibility index (Phi) is 5.34.